The van der Waals surface area contributed by atoms with Gasteiger partial charge in [0.1, 0.15) is 24.0 Å². The SMILES string of the molecule is Cc1ccc2c(oc3c(-c4ccc(C5CCC(C)(C)CC5)cc4)c(F)ccc32)c1-c1cc(CC(C)(C)C)cc[n+]1C. The van der Waals surface area contributed by atoms with Crippen molar-refractivity contribution in [3.05, 3.63) is 89.4 Å². The number of rotatable bonds is 4. The summed E-state index contributed by atoms with van der Waals surface area (Å²) in [5.74, 6) is 0.337. The molecule has 0 radical (unpaired) electrons. The zero-order valence-electron chi connectivity index (χ0n) is 25.7. The maximum absolute atomic E-state index is 15.6. The number of halogens is 1. The summed E-state index contributed by atoms with van der Waals surface area (Å²) in [6.45, 7) is 13.7. The van der Waals surface area contributed by atoms with Gasteiger partial charge in [-0.25, -0.2) is 8.96 Å². The van der Waals surface area contributed by atoms with Crippen LogP contribution in [0.5, 0.6) is 0 Å². The van der Waals surface area contributed by atoms with E-state index < -0.39 is 0 Å². The second kappa shape index (κ2) is 10.1. The molecular formula is C38H43FNO+. The first-order valence-electron chi connectivity index (χ1n) is 15.1. The number of furan rings is 1. The third-order valence-corrected chi connectivity index (χ3v) is 9.18. The van der Waals surface area contributed by atoms with Crippen LogP contribution in [0.25, 0.3) is 44.3 Å². The molecule has 0 spiro atoms. The van der Waals surface area contributed by atoms with Gasteiger partial charge in [-0.1, -0.05) is 71.0 Å². The van der Waals surface area contributed by atoms with Gasteiger partial charge in [0, 0.05) is 22.9 Å². The molecule has 0 aliphatic heterocycles. The van der Waals surface area contributed by atoms with E-state index >= 15 is 4.39 Å². The summed E-state index contributed by atoms with van der Waals surface area (Å²) in [7, 11) is 2.08. The lowest BCUT2D eigenvalue weighted by Gasteiger charge is -2.34. The Balaban J connectivity index is 1.46. The Morgan fingerprint density at radius 1 is 0.878 bits per heavy atom. The molecule has 0 amide bonds. The van der Waals surface area contributed by atoms with E-state index in [0.29, 0.717) is 22.5 Å². The smallest absolute Gasteiger partial charge is 0.216 e. The van der Waals surface area contributed by atoms with Crippen molar-refractivity contribution in [2.45, 2.75) is 79.6 Å². The van der Waals surface area contributed by atoms with Crippen molar-refractivity contribution in [2.75, 3.05) is 0 Å². The summed E-state index contributed by atoms with van der Waals surface area (Å²) < 4.78 is 24.4. The summed E-state index contributed by atoms with van der Waals surface area (Å²) in [6, 6.07) is 20.8. The standard InChI is InChI=1S/C38H43FNO/c1-24-8-13-29-30-14-15-31(39)34(28-11-9-26(10-12-28)27-16-19-38(5,6)20-17-27)36(30)41-35(29)33(24)32-22-25(18-21-40(32)7)23-37(2,3)4/h8-15,18,21-22,27H,16-17,19-20,23H2,1-7H3/q+1. The maximum atomic E-state index is 15.6. The van der Waals surface area contributed by atoms with Gasteiger partial charge in [0.05, 0.1) is 11.1 Å². The van der Waals surface area contributed by atoms with E-state index in [1.165, 1.54) is 36.8 Å². The summed E-state index contributed by atoms with van der Waals surface area (Å²) in [4.78, 5) is 0. The lowest BCUT2D eigenvalue weighted by atomic mass is 9.71. The predicted molar refractivity (Wildman–Crippen MR) is 169 cm³/mol. The van der Waals surface area contributed by atoms with E-state index in [4.69, 9.17) is 4.42 Å². The highest BCUT2D eigenvalue weighted by molar-refractivity contribution is 6.13. The highest BCUT2D eigenvalue weighted by Gasteiger charge is 2.28. The minimum absolute atomic E-state index is 0.188. The molecule has 6 rings (SSSR count). The van der Waals surface area contributed by atoms with Gasteiger partial charge in [-0.2, -0.15) is 0 Å². The predicted octanol–water partition coefficient (Wildman–Crippen LogP) is 10.5. The number of fused-ring (bicyclic) bond motifs is 3. The molecule has 5 aromatic rings. The Bertz CT molecular complexity index is 1740. The normalized spacial score (nSPS) is 16.1. The summed E-state index contributed by atoms with van der Waals surface area (Å²) >= 11 is 0. The second-order valence-electron chi connectivity index (χ2n) is 14.4. The molecule has 2 heterocycles. The number of hydrogen-bond acceptors (Lipinski definition) is 1. The monoisotopic (exact) mass is 548 g/mol. The minimum atomic E-state index is -0.250. The molecule has 0 N–H and O–H groups in total. The van der Waals surface area contributed by atoms with E-state index in [1.807, 2.05) is 6.07 Å². The summed E-state index contributed by atoms with van der Waals surface area (Å²) in [5, 5.41) is 1.97. The molecule has 2 nitrogen and oxygen atoms in total. The third-order valence-electron chi connectivity index (χ3n) is 9.18. The molecule has 3 heteroatoms. The Labute approximate surface area is 244 Å². The number of nitrogens with zero attached hydrogens (tertiary/aromatic N) is 1. The average molecular weight is 549 g/mol. The van der Waals surface area contributed by atoms with Crippen molar-refractivity contribution in [1.82, 2.24) is 0 Å². The largest absolute Gasteiger partial charge is 0.454 e. The van der Waals surface area contributed by atoms with Crippen LogP contribution in [0.1, 0.15) is 82.9 Å². The molecule has 0 unspecified atom stereocenters. The topological polar surface area (TPSA) is 17.0 Å². The Kier molecular flexibility index (Phi) is 6.83. The quantitative estimate of drug-likeness (QED) is 0.204. The van der Waals surface area contributed by atoms with Gasteiger partial charge in [-0.15, -0.1) is 0 Å². The Hall–Kier alpha value is -3.46. The Morgan fingerprint density at radius 3 is 2.17 bits per heavy atom. The molecule has 41 heavy (non-hydrogen) atoms. The maximum Gasteiger partial charge on any atom is 0.216 e. The van der Waals surface area contributed by atoms with Gasteiger partial charge >= 0.3 is 0 Å². The lowest BCUT2D eigenvalue weighted by molar-refractivity contribution is -0.660. The molecule has 1 saturated carbocycles. The molecular weight excluding hydrogens is 505 g/mol. The van der Waals surface area contributed by atoms with Crippen LogP contribution >= 0.6 is 0 Å². The summed E-state index contributed by atoms with van der Waals surface area (Å²) in [6.07, 6.45) is 8.07. The molecule has 0 bridgehead atoms. The van der Waals surface area contributed by atoms with Crippen molar-refractivity contribution in [1.29, 1.82) is 0 Å². The highest BCUT2D eigenvalue weighted by atomic mass is 19.1. The minimum Gasteiger partial charge on any atom is -0.454 e. The first-order chi connectivity index (χ1) is 19.4. The molecule has 1 aliphatic rings. The molecule has 1 aliphatic carbocycles. The molecule has 0 atom stereocenters. The van der Waals surface area contributed by atoms with Crippen molar-refractivity contribution in [3.8, 4) is 22.4 Å². The van der Waals surface area contributed by atoms with E-state index in [1.54, 1.807) is 6.07 Å². The van der Waals surface area contributed by atoms with Gasteiger partial charge in [-0.3, -0.25) is 0 Å². The number of aromatic nitrogens is 1. The molecule has 3 aromatic carbocycles. The first kappa shape index (κ1) is 27.7. The van der Waals surface area contributed by atoms with Crippen LogP contribution in [0.15, 0.2) is 71.3 Å². The van der Waals surface area contributed by atoms with Gasteiger partial charge in [-0.05, 0) is 90.2 Å². The lowest BCUT2D eigenvalue weighted by Crippen LogP contribution is -2.31. The van der Waals surface area contributed by atoms with Crippen molar-refractivity contribution >= 4 is 21.9 Å². The number of pyridine rings is 1. The highest BCUT2D eigenvalue weighted by Crippen LogP contribution is 2.44. The van der Waals surface area contributed by atoms with Crippen LogP contribution in [-0.4, -0.2) is 0 Å². The number of benzene rings is 3. The van der Waals surface area contributed by atoms with Crippen LogP contribution in [0, 0.1) is 23.6 Å². The van der Waals surface area contributed by atoms with E-state index in [-0.39, 0.29) is 11.2 Å². The molecule has 0 saturated heterocycles. The van der Waals surface area contributed by atoms with Crippen molar-refractivity contribution < 1.29 is 13.4 Å². The van der Waals surface area contributed by atoms with Gasteiger partial charge in [0.15, 0.2) is 6.20 Å². The molecule has 2 aromatic heterocycles. The van der Waals surface area contributed by atoms with Crippen LogP contribution < -0.4 is 4.57 Å². The van der Waals surface area contributed by atoms with Crippen LogP contribution in [0.4, 0.5) is 4.39 Å². The van der Waals surface area contributed by atoms with Crippen LogP contribution in [-0.2, 0) is 13.5 Å². The fourth-order valence-electron chi connectivity index (χ4n) is 6.80. The summed E-state index contributed by atoms with van der Waals surface area (Å²) in [5.41, 5.74) is 9.45. The molecule has 212 valence electrons. The Morgan fingerprint density at radius 2 is 1.51 bits per heavy atom. The third kappa shape index (κ3) is 5.32. The molecule has 1 fully saturated rings. The van der Waals surface area contributed by atoms with Crippen LogP contribution in [0.3, 0.4) is 0 Å². The van der Waals surface area contributed by atoms with E-state index in [2.05, 4.69) is 108 Å². The van der Waals surface area contributed by atoms with Crippen molar-refractivity contribution in [3.63, 3.8) is 0 Å². The van der Waals surface area contributed by atoms with E-state index in [0.717, 1.165) is 45.2 Å². The van der Waals surface area contributed by atoms with E-state index in [9.17, 15) is 0 Å². The number of aryl methyl sites for hydroxylation is 2. The number of hydrogen-bond donors (Lipinski definition) is 0. The zero-order valence-corrected chi connectivity index (χ0v) is 25.7. The second-order valence-corrected chi connectivity index (χ2v) is 14.4. The first-order valence-corrected chi connectivity index (χ1v) is 15.1. The fourth-order valence-corrected chi connectivity index (χ4v) is 6.80. The van der Waals surface area contributed by atoms with Gasteiger partial charge in [0.25, 0.3) is 0 Å². The fraction of sp³-hybridized carbons (Fsp3) is 0.395. The van der Waals surface area contributed by atoms with Gasteiger partial charge < -0.3 is 4.42 Å². The van der Waals surface area contributed by atoms with Crippen LogP contribution in [0.2, 0.25) is 0 Å². The average Bonchev–Trinajstić information content (AvgIpc) is 3.28. The zero-order chi connectivity index (χ0) is 29.1. The van der Waals surface area contributed by atoms with Gasteiger partial charge in [0.2, 0.25) is 5.69 Å². The van der Waals surface area contributed by atoms with Crippen molar-refractivity contribution in [2.24, 2.45) is 17.9 Å².